The summed E-state index contributed by atoms with van der Waals surface area (Å²) in [6, 6.07) is 5.02. The Labute approximate surface area is 124 Å². The van der Waals surface area contributed by atoms with Crippen LogP contribution < -0.4 is 10.5 Å². The molecule has 0 atom stereocenters. The number of benzene rings is 1. The maximum atomic E-state index is 6.10. The Morgan fingerprint density at radius 3 is 2.60 bits per heavy atom. The van der Waals surface area contributed by atoms with E-state index in [0.29, 0.717) is 27.4 Å². The molecular weight excluding hydrogens is 299 g/mol. The Morgan fingerprint density at radius 1 is 1.20 bits per heavy atom. The normalized spacial score (nSPS) is 10.9. The Balaban J connectivity index is 2.10. The van der Waals surface area contributed by atoms with E-state index in [-0.39, 0.29) is 0 Å². The first-order valence-electron chi connectivity index (χ1n) is 5.74. The number of aromatic nitrogens is 3. The molecule has 2 heterocycles. The van der Waals surface area contributed by atoms with Crippen LogP contribution in [0.2, 0.25) is 10.0 Å². The van der Waals surface area contributed by atoms with E-state index in [9.17, 15) is 0 Å². The van der Waals surface area contributed by atoms with E-state index >= 15 is 0 Å². The second kappa shape index (κ2) is 4.85. The van der Waals surface area contributed by atoms with Crippen LogP contribution >= 0.6 is 23.2 Å². The van der Waals surface area contributed by atoms with Crippen molar-refractivity contribution in [3.63, 3.8) is 0 Å². The topological polar surface area (TPSA) is 66.0 Å². The summed E-state index contributed by atoms with van der Waals surface area (Å²) in [5.74, 6) is 0.718. The molecule has 0 spiro atoms. The molecule has 0 amide bonds. The van der Waals surface area contributed by atoms with E-state index in [2.05, 4.69) is 9.97 Å². The smallest absolute Gasteiger partial charge is 0.231 e. The van der Waals surface area contributed by atoms with Crippen LogP contribution in [0.3, 0.4) is 0 Å². The zero-order valence-electron chi connectivity index (χ0n) is 10.5. The molecule has 20 heavy (non-hydrogen) atoms. The zero-order valence-corrected chi connectivity index (χ0v) is 12.0. The molecule has 3 aromatic rings. The summed E-state index contributed by atoms with van der Waals surface area (Å²) in [5, 5.41) is 1.44. The maximum absolute atomic E-state index is 6.10. The minimum Gasteiger partial charge on any atom is -0.435 e. The molecular formula is C13H10Cl2N4O. The lowest BCUT2D eigenvalue weighted by Gasteiger charge is -2.10. The van der Waals surface area contributed by atoms with Crippen molar-refractivity contribution >= 4 is 39.9 Å². The number of rotatable bonds is 2. The van der Waals surface area contributed by atoms with Crippen LogP contribution in [0.15, 0.2) is 30.7 Å². The minimum atomic E-state index is 0.325. The molecule has 0 radical (unpaired) electrons. The molecule has 0 bridgehead atoms. The molecule has 0 saturated heterocycles. The number of hydrogen-bond acceptors (Lipinski definition) is 4. The standard InChI is InChI=1S/C13H10Cl2N4O/c1-19-3-2-8-12(19)17-6-18-13(8)20-11-9(14)4-7(16)5-10(11)15/h2-6H,16H2,1H3. The number of aryl methyl sites for hydroxylation is 1. The lowest BCUT2D eigenvalue weighted by Crippen LogP contribution is -1.95. The van der Waals surface area contributed by atoms with Crippen molar-refractivity contribution in [3.05, 3.63) is 40.8 Å². The number of nitrogen functional groups attached to an aromatic ring is 1. The van der Waals surface area contributed by atoms with Gasteiger partial charge < -0.3 is 15.0 Å². The van der Waals surface area contributed by atoms with Gasteiger partial charge in [0.05, 0.1) is 15.4 Å². The highest BCUT2D eigenvalue weighted by molar-refractivity contribution is 6.37. The summed E-state index contributed by atoms with van der Waals surface area (Å²) in [6.07, 6.45) is 3.30. The fourth-order valence-electron chi connectivity index (χ4n) is 1.91. The monoisotopic (exact) mass is 308 g/mol. The molecule has 7 heteroatoms. The highest BCUT2D eigenvalue weighted by Crippen LogP contribution is 2.39. The van der Waals surface area contributed by atoms with Gasteiger partial charge >= 0.3 is 0 Å². The summed E-state index contributed by atoms with van der Waals surface area (Å²) in [6.45, 7) is 0. The number of nitrogens with zero attached hydrogens (tertiary/aromatic N) is 3. The third-order valence-corrected chi connectivity index (χ3v) is 3.41. The van der Waals surface area contributed by atoms with Crippen molar-refractivity contribution in [3.8, 4) is 11.6 Å². The fourth-order valence-corrected chi connectivity index (χ4v) is 2.49. The fraction of sp³-hybridized carbons (Fsp3) is 0.0769. The van der Waals surface area contributed by atoms with Gasteiger partial charge in [0.25, 0.3) is 0 Å². The predicted molar refractivity (Wildman–Crippen MR) is 79.5 cm³/mol. The number of anilines is 1. The van der Waals surface area contributed by atoms with Gasteiger partial charge in [-0.3, -0.25) is 0 Å². The molecule has 2 aromatic heterocycles. The Hall–Kier alpha value is -1.98. The minimum absolute atomic E-state index is 0.325. The molecule has 5 nitrogen and oxygen atoms in total. The third kappa shape index (κ3) is 2.15. The summed E-state index contributed by atoms with van der Waals surface area (Å²) in [5.41, 5.74) is 6.90. The Morgan fingerprint density at radius 2 is 1.90 bits per heavy atom. The van der Waals surface area contributed by atoms with E-state index in [1.165, 1.54) is 6.33 Å². The number of nitrogens with two attached hydrogens (primary N) is 1. The van der Waals surface area contributed by atoms with Gasteiger partial charge in [0.15, 0.2) is 5.75 Å². The number of halogens is 2. The van der Waals surface area contributed by atoms with E-state index in [0.717, 1.165) is 11.0 Å². The summed E-state index contributed by atoms with van der Waals surface area (Å²) in [4.78, 5) is 8.31. The van der Waals surface area contributed by atoms with Crippen LogP contribution in [0.25, 0.3) is 11.0 Å². The second-order valence-corrected chi connectivity index (χ2v) is 5.07. The summed E-state index contributed by atoms with van der Waals surface area (Å²) < 4.78 is 7.61. The van der Waals surface area contributed by atoms with Gasteiger partial charge in [0, 0.05) is 18.9 Å². The maximum Gasteiger partial charge on any atom is 0.231 e. The third-order valence-electron chi connectivity index (χ3n) is 2.84. The molecule has 0 aliphatic carbocycles. The van der Waals surface area contributed by atoms with Gasteiger partial charge in [0.1, 0.15) is 12.0 Å². The average molecular weight is 309 g/mol. The first-order chi connectivity index (χ1) is 9.56. The van der Waals surface area contributed by atoms with Crippen LogP contribution in [0, 0.1) is 0 Å². The summed E-state index contributed by atoms with van der Waals surface area (Å²) >= 11 is 12.2. The Bertz CT molecular complexity index is 777. The van der Waals surface area contributed by atoms with E-state index in [1.54, 1.807) is 12.1 Å². The van der Waals surface area contributed by atoms with Crippen molar-refractivity contribution in [2.75, 3.05) is 5.73 Å². The highest BCUT2D eigenvalue weighted by atomic mass is 35.5. The number of ether oxygens (including phenoxy) is 1. The lowest BCUT2D eigenvalue weighted by atomic mass is 10.3. The van der Waals surface area contributed by atoms with Crippen molar-refractivity contribution in [1.29, 1.82) is 0 Å². The van der Waals surface area contributed by atoms with Gasteiger partial charge in [-0.1, -0.05) is 23.2 Å². The molecule has 102 valence electrons. The first-order valence-corrected chi connectivity index (χ1v) is 6.50. The van der Waals surface area contributed by atoms with E-state index < -0.39 is 0 Å². The van der Waals surface area contributed by atoms with Crippen molar-refractivity contribution in [2.45, 2.75) is 0 Å². The molecule has 3 rings (SSSR count). The SMILES string of the molecule is Cn1ccc2c(Oc3c(Cl)cc(N)cc3Cl)ncnc21. The lowest BCUT2D eigenvalue weighted by molar-refractivity contribution is 0.468. The van der Waals surface area contributed by atoms with Crippen LogP contribution in [0.5, 0.6) is 11.6 Å². The van der Waals surface area contributed by atoms with Gasteiger partial charge in [0.2, 0.25) is 5.88 Å². The van der Waals surface area contributed by atoms with E-state index in [1.807, 2.05) is 23.9 Å². The van der Waals surface area contributed by atoms with Crippen LogP contribution in [0.1, 0.15) is 0 Å². The Kier molecular flexibility index (Phi) is 3.16. The molecule has 0 saturated carbocycles. The summed E-state index contributed by atoms with van der Waals surface area (Å²) in [7, 11) is 1.89. The van der Waals surface area contributed by atoms with Gasteiger partial charge in [-0.2, -0.15) is 0 Å². The number of hydrogen-bond donors (Lipinski definition) is 1. The van der Waals surface area contributed by atoms with Gasteiger partial charge in [-0.15, -0.1) is 0 Å². The second-order valence-electron chi connectivity index (χ2n) is 4.26. The van der Waals surface area contributed by atoms with Crippen molar-refractivity contribution in [1.82, 2.24) is 14.5 Å². The van der Waals surface area contributed by atoms with Gasteiger partial charge in [-0.25, -0.2) is 9.97 Å². The molecule has 1 aromatic carbocycles. The number of fused-ring (bicyclic) bond motifs is 1. The quantitative estimate of drug-likeness (QED) is 0.734. The van der Waals surface area contributed by atoms with Gasteiger partial charge in [-0.05, 0) is 18.2 Å². The van der Waals surface area contributed by atoms with Crippen LogP contribution in [0.4, 0.5) is 5.69 Å². The highest BCUT2D eigenvalue weighted by Gasteiger charge is 2.14. The van der Waals surface area contributed by atoms with Crippen molar-refractivity contribution in [2.24, 2.45) is 7.05 Å². The molecule has 2 N–H and O–H groups in total. The largest absolute Gasteiger partial charge is 0.435 e. The van der Waals surface area contributed by atoms with Crippen molar-refractivity contribution < 1.29 is 4.74 Å². The molecule has 0 aliphatic rings. The average Bonchev–Trinajstić information content (AvgIpc) is 2.77. The predicted octanol–water partition coefficient (Wildman–Crippen LogP) is 3.65. The van der Waals surface area contributed by atoms with E-state index in [4.69, 9.17) is 33.7 Å². The zero-order chi connectivity index (χ0) is 14.3. The van der Waals surface area contributed by atoms with Crippen LogP contribution in [-0.2, 0) is 7.05 Å². The van der Waals surface area contributed by atoms with Crippen LogP contribution in [-0.4, -0.2) is 14.5 Å². The molecule has 0 aliphatic heterocycles. The molecule has 0 unspecified atom stereocenters. The molecule has 0 fully saturated rings. The first kappa shape index (κ1) is 13.0.